The predicted octanol–water partition coefficient (Wildman–Crippen LogP) is 3.57. The van der Waals surface area contributed by atoms with Crippen LogP contribution in [-0.2, 0) is 0 Å². The fraction of sp³-hybridized carbons (Fsp3) is 0.308. The standard InChI is InChI=1S/C13H12N4S/c1-16-11-10(8-5-3-2-4-6-8)9(7-14)13(18)17-12(11)15/h2-3,8H,4-6H2,(H3,15,17,18). The van der Waals surface area contributed by atoms with Gasteiger partial charge in [-0.3, -0.25) is 0 Å². The van der Waals surface area contributed by atoms with Crippen LogP contribution in [-0.4, -0.2) is 4.98 Å². The predicted molar refractivity (Wildman–Crippen MR) is 72.7 cm³/mol. The molecule has 0 fully saturated rings. The van der Waals surface area contributed by atoms with E-state index >= 15 is 0 Å². The molecular weight excluding hydrogens is 244 g/mol. The molecule has 1 atom stereocenters. The zero-order valence-corrected chi connectivity index (χ0v) is 10.5. The number of nitrogen functional groups attached to an aromatic ring is 1. The molecule has 1 aromatic rings. The molecule has 0 amide bonds. The summed E-state index contributed by atoms with van der Waals surface area (Å²) in [7, 11) is 0. The third-order valence-corrected chi connectivity index (χ3v) is 3.46. The van der Waals surface area contributed by atoms with E-state index in [0.717, 1.165) is 24.8 Å². The summed E-state index contributed by atoms with van der Waals surface area (Å²) < 4.78 is 0.326. The molecule has 0 aliphatic heterocycles. The highest BCUT2D eigenvalue weighted by atomic mass is 32.1. The van der Waals surface area contributed by atoms with E-state index in [1.807, 2.05) is 0 Å². The van der Waals surface area contributed by atoms with Crippen LogP contribution in [0.5, 0.6) is 0 Å². The highest BCUT2D eigenvalue weighted by Gasteiger charge is 2.23. The number of allylic oxidation sites excluding steroid dienone is 2. The van der Waals surface area contributed by atoms with E-state index in [1.165, 1.54) is 0 Å². The van der Waals surface area contributed by atoms with E-state index in [0.29, 0.717) is 15.9 Å². The van der Waals surface area contributed by atoms with Gasteiger partial charge in [0.1, 0.15) is 16.5 Å². The van der Waals surface area contributed by atoms with E-state index in [9.17, 15) is 5.26 Å². The molecule has 5 heteroatoms. The maximum absolute atomic E-state index is 9.24. The van der Waals surface area contributed by atoms with Crippen molar-refractivity contribution in [3.63, 3.8) is 0 Å². The van der Waals surface area contributed by atoms with Crippen LogP contribution < -0.4 is 5.73 Å². The molecule has 18 heavy (non-hydrogen) atoms. The molecule has 0 bridgehead atoms. The molecule has 1 aliphatic carbocycles. The second kappa shape index (κ2) is 5.03. The van der Waals surface area contributed by atoms with E-state index in [4.69, 9.17) is 24.5 Å². The second-order valence-corrected chi connectivity index (χ2v) is 4.62. The Kier molecular flexibility index (Phi) is 3.45. The van der Waals surface area contributed by atoms with Crippen LogP contribution in [0.4, 0.5) is 11.5 Å². The molecule has 2 rings (SSSR count). The molecule has 0 saturated carbocycles. The Balaban J connectivity index is 2.70. The molecule has 0 saturated heterocycles. The Labute approximate surface area is 111 Å². The van der Waals surface area contributed by atoms with E-state index in [2.05, 4.69) is 28.1 Å². The van der Waals surface area contributed by atoms with Gasteiger partial charge in [0.15, 0.2) is 0 Å². The highest BCUT2D eigenvalue weighted by molar-refractivity contribution is 7.71. The molecule has 1 aromatic heterocycles. The SMILES string of the molecule is [C-]#[N+]c1c(N)[nH]c(=S)c(C#N)c1C1CC=CCC1. The van der Waals surface area contributed by atoms with Gasteiger partial charge in [0.05, 0.1) is 12.1 Å². The number of nitrogens with one attached hydrogen (secondary N) is 1. The lowest BCUT2D eigenvalue weighted by Crippen LogP contribution is -2.07. The van der Waals surface area contributed by atoms with Gasteiger partial charge in [-0.2, -0.15) is 5.26 Å². The van der Waals surface area contributed by atoms with Gasteiger partial charge in [-0.15, -0.1) is 0 Å². The minimum Gasteiger partial charge on any atom is -0.394 e. The molecule has 0 spiro atoms. The quantitative estimate of drug-likeness (QED) is 0.458. The van der Waals surface area contributed by atoms with Gasteiger partial charge in [-0.1, -0.05) is 24.4 Å². The topological polar surface area (TPSA) is 70.0 Å². The van der Waals surface area contributed by atoms with Gasteiger partial charge >= 0.3 is 0 Å². The Morgan fingerprint density at radius 1 is 1.56 bits per heavy atom. The first-order chi connectivity index (χ1) is 8.69. The summed E-state index contributed by atoms with van der Waals surface area (Å²) in [5.41, 5.74) is 7.26. The smallest absolute Gasteiger partial charge is 0.230 e. The van der Waals surface area contributed by atoms with Crippen molar-refractivity contribution in [3.05, 3.63) is 39.3 Å². The summed E-state index contributed by atoms with van der Waals surface area (Å²) in [6.45, 7) is 7.25. The van der Waals surface area contributed by atoms with Crippen LogP contribution in [0, 0.1) is 22.5 Å². The van der Waals surface area contributed by atoms with E-state index in [1.54, 1.807) is 0 Å². The van der Waals surface area contributed by atoms with Crippen molar-refractivity contribution in [2.24, 2.45) is 0 Å². The number of anilines is 1. The molecule has 1 aliphatic rings. The van der Waals surface area contributed by atoms with Crippen LogP contribution in [0.2, 0.25) is 0 Å². The number of nitrogens with two attached hydrogens (primary N) is 1. The number of hydrogen-bond donors (Lipinski definition) is 2. The van der Waals surface area contributed by atoms with Crippen molar-refractivity contribution in [1.82, 2.24) is 4.98 Å². The lowest BCUT2D eigenvalue weighted by molar-refractivity contribution is 0.617. The number of aromatic nitrogens is 1. The third-order valence-electron chi connectivity index (χ3n) is 3.16. The Bertz CT molecular complexity index is 643. The largest absolute Gasteiger partial charge is 0.394 e. The van der Waals surface area contributed by atoms with Crippen LogP contribution >= 0.6 is 12.2 Å². The number of aromatic amines is 1. The fourth-order valence-electron chi connectivity index (χ4n) is 2.31. The average Bonchev–Trinajstić information content (AvgIpc) is 2.39. The van der Waals surface area contributed by atoms with E-state index in [-0.39, 0.29) is 11.7 Å². The van der Waals surface area contributed by atoms with Crippen molar-refractivity contribution in [2.45, 2.75) is 25.2 Å². The molecule has 4 nitrogen and oxygen atoms in total. The lowest BCUT2D eigenvalue weighted by atomic mass is 9.85. The van der Waals surface area contributed by atoms with Crippen molar-refractivity contribution >= 4 is 23.7 Å². The second-order valence-electron chi connectivity index (χ2n) is 4.21. The van der Waals surface area contributed by atoms with Crippen molar-refractivity contribution in [2.75, 3.05) is 5.73 Å². The zero-order chi connectivity index (χ0) is 13.1. The van der Waals surface area contributed by atoms with Crippen molar-refractivity contribution in [1.29, 1.82) is 5.26 Å². The number of rotatable bonds is 1. The zero-order valence-electron chi connectivity index (χ0n) is 9.73. The lowest BCUT2D eigenvalue weighted by Gasteiger charge is -2.21. The first-order valence-corrected chi connectivity index (χ1v) is 6.08. The van der Waals surface area contributed by atoms with E-state index < -0.39 is 0 Å². The summed E-state index contributed by atoms with van der Waals surface area (Å²) in [6.07, 6.45) is 6.91. The van der Waals surface area contributed by atoms with Gasteiger partial charge in [-0.05, 0) is 30.7 Å². The Morgan fingerprint density at radius 3 is 2.89 bits per heavy atom. The molecule has 1 heterocycles. The maximum atomic E-state index is 9.24. The van der Waals surface area contributed by atoms with Crippen molar-refractivity contribution < 1.29 is 0 Å². The van der Waals surface area contributed by atoms with Crippen LogP contribution in [0.3, 0.4) is 0 Å². The molecule has 0 radical (unpaired) electrons. The van der Waals surface area contributed by atoms with Crippen LogP contribution in [0.15, 0.2) is 12.2 Å². The summed E-state index contributed by atoms with van der Waals surface area (Å²) in [4.78, 5) is 6.19. The Hall–Kier alpha value is -2.11. The van der Waals surface area contributed by atoms with Crippen LogP contribution in [0.1, 0.15) is 36.3 Å². The van der Waals surface area contributed by atoms with Gasteiger partial charge in [0.25, 0.3) is 0 Å². The first kappa shape index (κ1) is 12.3. The number of H-pyrrole nitrogens is 1. The maximum Gasteiger partial charge on any atom is 0.230 e. The van der Waals surface area contributed by atoms with Gasteiger partial charge < -0.3 is 10.7 Å². The Morgan fingerprint density at radius 2 is 2.33 bits per heavy atom. The average molecular weight is 256 g/mol. The number of nitriles is 1. The summed E-state index contributed by atoms with van der Waals surface area (Å²) >= 11 is 5.12. The third kappa shape index (κ3) is 2.01. The monoisotopic (exact) mass is 256 g/mol. The van der Waals surface area contributed by atoms with Crippen LogP contribution in [0.25, 0.3) is 4.85 Å². The van der Waals surface area contributed by atoms with Gasteiger partial charge in [-0.25, -0.2) is 4.85 Å². The molecule has 1 unspecified atom stereocenters. The fourth-order valence-corrected chi connectivity index (χ4v) is 2.58. The molecule has 90 valence electrons. The van der Waals surface area contributed by atoms with Gasteiger partial charge in [0.2, 0.25) is 5.69 Å². The number of hydrogen-bond acceptors (Lipinski definition) is 3. The summed E-state index contributed by atoms with van der Waals surface area (Å²) in [6, 6.07) is 2.10. The summed E-state index contributed by atoms with van der Waals surface area (Å²) in [5, 5.41) is 9.24. The minimum absolute atomic E-state index is 0.160. The van der Waals surface area contributed by atoms with Crippen molar-refractivity contribution in [3.8, 4) is 6.07 Å². The number of nitrogens with zero attached hydrogens (tertiary/aromatic N) is 2. The number of pyridine rings is 1. The molecule has 3 N–H and O–H groups in total. The molecular formula is C13H12N4S. The first-order valence-electron chi connectivity index (χ1n) is 5.67. The minimum atomic E-state index is 0.160. The molecule has 0 aromatic carbocycles. The van der Waals surface area contributed by atoms with Gasteiger partial charge in [0, 0.05) is 0 Å². The summed E-state index contributed by atoms with van der Waals surface area (Å²) in [5.74, 6) is 0.422. The highest BCUT2D eigenvalue weighted by Crippen LogP contribution is 2.40. The normalized spacial score (nSPS) is 18.0.